The molecule has 1 aromatic rings. The minimum absolute atomic E-state index is 0.317. The van der Waals surface area contributed by atoms with Crippen LogP contribution in [0.3, 0.4) is 0 Å². The molecule has 0 atom stereocenters. The van der Waals surface area contributed by atoms with Crippen molar-refractivity contribution in [3.8, 4) is 0 Å². The summed E-state index contributed by atoms with van der Waals surface area (Å²) in [5.74, 6) is 0.517. The van der Waals surface area contributed by atoms with Crippen LogP contribution in [0.25, 0.3) is 0 Å². The zero-order valence-corrected chi connectivity index (χ0v) is 14.2. The minimum atomic E-state index is -3.42. The maximum absolute atomic E-state index is 12.9. The molecular formula is C17H25NO2S. The molecule has 0 aromatic heterocycles. The van der Waals surface area contributed by atoms with Gasteiger partial charge in [0.1, 0.15) is 0 Å². The molecule has 0 unspecified atom stereocenters. The largest absolute Gasteiger partial charge is 0.376 e. The van der Waals surface area contributed by atoms with Gasteiger partial charge in [0.25, 0.3) is 0 Å². The van der Waals surface area contributed by atoms with E-state index in [1.165, 1.54) is 0 Å². The molecular weight excluding hydrogens is 282 g/mol. The summed E-state index contributed by atoms with van der Waals surface area (Å²) in [6.07, 6.45) is 2.73. The molecule has 0 fully saturated rings. The number of hydrogen-bond donors (Lipinski definition) is 0. The fourth-order valence-corrected chi connectivity index (χ4v) is 4.61. The zero-order chi connectivity index (χ0) is 15.7. The van der Waals surface area contributed by atoms with Gasteiger partial charge in [-0.15, -0.1) is 0 Å². The molecule has 21 heavy (non-hydrogen) atoms. The van der Waals surface area contributed by atoms with Crippen molar-refractivity contribution in [1.82, 2.24) is 4.90 Å². The van der Waals surface area contributed by atoms with Gasteiger partial charge in [0.15, 0.2) is 0 Å². The van der Waals surface area contributed by atoms with E-state index in [0.29, 0.717) is 15.7 Å². The van der Waals surface area contributed by atoms with E-state index in [4.69, 9.17) is 0 Å². The SMILES string of the molecule is CC(C)CN1C=C(S(=O)(=O)c2ccccc2)C(C)(C)CC1. The standard InChI is InChI=1S/C17H25NO2S/c1-14(2)12-18-11-10-17(3,4)16(13-18)21(19,20)15-8-6-5-7-9-15/h5-9,13-14H,10-12H2,1-4H3. The summed E-state index contributed by atoms with van der Waals surface area (Å²) in [5.41, 5.74) is -0.317. The first-order valence-electron chi connectivity index (χ1n) is 7.50. The van der Waals surface area contributed by atoms with Gasteiger partial charge in [-0.1, -0.05) is 45.9 Å². The molecule has 0 saturated carbocycles. The van der Waals surface area contributed by atoms with Crippen LogP contribution in [0.5, 0.6) is 0 Å². The smallest absolute Gasteiger partial charge is 0.204 e. The molecule has 1 aromatic carbocycles. The number of hydrogen-bond acceptors (Lipinski definition) is 3. The molecule has 1 aliphatic heterocycles. The third-order valence-corrected chi connectivity index (χ3v) is 6.06. The third-order valence-electron chi connectivity index (χ3n) is 3.93. The Labute approximate surface area is 128 Å². The summed E-state index contributed by atoms with van der Waals surface area (Å²) in [6.45, 7) is 10.2. The molecule has 1 aliphatic rings. The molecule has 4 heteroatoms. The molecule has 3 nitrogen and oxygen atoms in total. The van der Waals surface area contributed by atoms with Gasteiger partial charge in [-0.25, -0.2) is 8.42 Å². The summed E-state index contributed by atoms with van der Waals surface area (Å²) in [5, 5.41) is 0. The van der Waals surface area contributed by atoms with Crippen LogP contribution < -0.4 is 0 Å². The number of allylic oxidation sites excluding steroid dienone is 1. The van der Waals surface area contributed by atoms with Crippen molar-refractivity contribution < 1.29 is 8.42 Å². The van der Waals surface area contributed by atoms with Crippen molar-refractivity contribution in [3.63, 3.8) is 0 Å². The summed E-state index contributed by atoms with van der Waals surface area (Å²) >= 11 is 0. The monoisotopic (exact) mass is 307 g/mol. The van der Waals surface area contributed by atoms with Crippen LogP contribution in [0.15, 0.2) is 46.3 Å². The predicted molar refractivity (Wildman–Crippen MR) is 86.5 cm³/mol. The molecule has 0 N–H and O–H groups in total. The summed E-state index contributed by atoms with van der Waals surface area (Å²) < 4.78 is 25.9. The molecule has 0 radical (unpaired) electrons. The molecule has 0 spiro atoms. The molecule has 0 saturated heterocycles. The minimum Gasteiger partial charge on any atom is -0.376 e. The van der Waals surface area contributed by atoms with E-state index in [2.05, 4.69) is 18.7 Å². The average molecular weight is 307 g/mol. The van der Waals surface area contributed by atoms with Crippen LogP contribution >= 0.6 is 0 Å². The van der Waals surface area contributed by atoms with E-state index >= 15 is 0 Å². The highest BCUT2D eigenvalue weighted by Gasteiger charge is 2.37. The number of rotatable bonds is 4. The first-order chi connectivity index (χ1) is 9.73. The Morgan fingerprint density at radius 3 is 2.38 bits per heavy atom. The van der Waals surface area contributed by atoms with Crippen LogP contribution in [0.2, 0.25) is 0 Å². The van der Waals surface area contributed by atoms with Gasteiger partial charge in [0.2, 0.25) is 9.84 Å². The van der Waals surface area contributed by atoms with Crippen molar-refractivity contribution in [2.45, 2.75) is 39.0 Å². The van der Waals surface area contributed by atoms with Crippen LogP contribution in [0.1, 0.15) is 34.1 Å². The quantitative estimate of drug-likeness (QED) is 0.851. The topological polar surface area (TPSA) is 37.4 Å². The zero-order valence-electron chi connectivity index (χ0n) is 13.3. The molecule has 0 bridgehead atoms. The lowest BCUT2D eigenvalue weighted by atomic mass is 9.86. The highest BCUT2D eigenvalue weighted by atomic mass is 32.2. The summed E-state index contributed by atoms with van der Waals surface area (Å²) in [6, 6.07) is 8.73. The van der Waals surface area contributed by atoms with E-state index in [0.717, 1.165) is 19.5 Å². The van der Waals surface area contributed by atoms with E-state index < -0.39 is 9.84 Å². The highest BCUT2D eigenvalue weighted by molar-refractivity contribution is 7.95. The van der Waals surface area contributed by atoms with E-state index in [1.54, 1.807) is 24.3 Å². The molecule has 0 aliphatic carbocycles. The second kappa shape index (κ2) is 5.84. The fourth-order valence-electron chi connectivity index (χ4n) is 2.72. The Kier molecular flexibility index (Phi) is 4.47. The predicted octanol–water partition coefficient (Wildman–Crippen LogP) is 3.69. The van der Waals surface area contributed by atoms with Crippen molar-refractivity contribution in [2.24, 2.45) is 11.3 Å². The van der Waals surface area contributed by atoms with Crippen molar-refractivity contribution in [1.29, 1.82) is 0 Å². The second-order valence-corrected chi connectivity index (χ2v) is 8.75. The molecule has 1 heterocycles. The lowest BCUT2D eigenvalue weighted by molar-refractivity contribution is 0.251. The Hall–Kier alpha value is -1.29. The third kappa shape index (κ3) is 3.49. The summed E-state index contributed by atoms with van der Waals surface area (Å²) in [7, 11) is -3.42. The van der Waals surface area contributed by atoms with E-state index in [9.17, 15) is 8.42 Å². The normalized spacial score (nSPS) is 18.7. The Morgan fingerprint density at radius 2 is 1.81 bits per heavy atom. The van der Waals surface area contributed by atoms with Crippen molar-refractivity contribution in [2.75, 3.05) is 13.1 Å². The highest BCUT2D eigenvalue weighted by Crippen LogP contribution is 2.40. The van der Waals surface area contributed by atoms with Crippen LogP contribution in [0, 0.1) is 11.3 Å². The maximum Gasteiger partial charge on any atom is 0.204 e. The van der Waals surface area contributed by atoms with Gasteiger partial charge in [-0.3, -0.25) is 0 Å². The average Bonchev–Trinajstić information content (AvgIpc) is 2.41. The number of sulfone groups is 1. The lowest BCUT2D eigenvalue weighted by Gasteiger charge is -2.37. The fraction of sp³-hybridized carbons (Fsp3) is 0.529. The van der Waals surface area contributed by atoms with Gasteiger partial charge in [-0.05, 0) is 24.5 Å². The number of nitrogens with zero attached hydrogens (tertiary/aromatic N) is 1. The van der Waals surface area contributed by atoms with Gasteiger partial charge in [0.05, 0.1) is 9.80 Å². The van der Waals surface area contributed by atoms with Crippen LogP contribution in [-0.4, -0.2) is 26.4 Å². The Balaban J connectivity index is 2.44. The Morgan fingerprint density at radius 1 is 1.19 bits per heavy atom. The summed E-state index contributed by atoms with van der Waals surface area (Å²) in [4.78, 5) is 3.06. The van der Waals surface area contributed by atoms with Gasteiger partial charge in [0, 0.05) is 24.7 Å². The van der Waals surface area contributed by atoms with Gasteiger partial charge >= 0.3 is 0 Å². The van der Waals surface area contributed by atoms with Crippen LogP contribution in [-0.2, 0) is 9.84 Å². The van der Waals surface area contributed by atoms with E-state index in [1.807, 2.05) is 26.1 Å². The van der Waals surface area contributed by atoms with Gasteiger partial charge in [-0.2, -0.15) is 0 Å². The van der Waals surface area contributed by atoms with Crippen LogP contribution in [0.4, 0.5) is 0 Å². The molecule has 2 rings (SSSR count). The second-order valence-electron chi connectivity index (χ2n) is 6.83. The maximum atomic E-state index is 12.9. The first-order valence-corrected chi connectivity index (χ1v) is 8.98. The van der Waals surface area contributed by atoms with E-state index in [-0.39, 0.29) is 5.41 Å². The Bertz CT molecular complexity index is 615. The first kappa shape index (κ1) is 16.1. The van der Waals surface area contributed by atoms with Gasteiger partial charge < -0.3 is 4.90 Å². The molecule has 0 amide bonds. The lowest BCUT2D eigenvalue weighted by Crippen LogP contribution is -2.36. The van der Waals surface area contributed by atoms with Crippen molar-refractivity contribution in [3.05, 3.63) is 41.4 Å². The molecule has 116 valence electrons. The van der Waals surface area contributed by atoms with Crippen molar-refractivity contribution >= 4 is 9.84 Å². The number of benzene rings is 1.